The van der Waals surface area contributed by atoms with Crippen molar-refractivity contribution in [2.75, 3.05) is 26.2 Å². The van der Waals surface area contributed by atoms with Gasteiger partial charge in [-0.2, -0.15) is 0 Å². The minimum Gasteiger partial charge on any atom is -0.358 e. The quantitative estimate of drug-likeness (QED) is 0.258. The number of pyridine rings is 2. The van der Waals surface area contributed by atoms with E-state index in [0.29, 0.717) is 0 Å². The zero-order valence-electron chi connectivity index (χ0n) is 23.0. The molecule has 4 aromatic heterocycles. The lowest BCUT2D eigenvalue weighted by atomic mass is 9.93. The largest absolute Gasteiger partial charge is 0.358 e. The highest BCUT2D eigenvalue weighted by Crippen LogP contribution is 2.39. The molecule has 5 heterocycles. The Labute approximate surface area is 234 Å². The van der Waals surface area contributed by atoms with Crippen molar-refractivity contribution in [3.63, 3.8) is 0 Å². The molecule has 0 aliphatic carbocycles. The molecular formula is C34H34N6. The monoisotopic (exact) mass is 526 g/mol. The fourth-order valence-corrected chi connectivity index (χ4v) is 6.75. The highest BCUT2D eigenvalue weighted by Gasteiger charge is 2.34. The van der Waals surface area contributed by atoms with Crippen molar-refractivity contribution in [2.45, 2.75) is 25.9 Å². The topological polar surface area (TPSA) is 63.8 Å². The molecule has 0 radical (unpaired) electrons. The number of aromatic nitrogens is 4. The van der Waals surface area contributed by atoms with Crippen LogP contribution in [-0.2, 0) is 0 Å². The number of fused-ring (bicyclic) bond motifs is 2. The van der Waals surface area contributed by atoms with Crippen molar-refractivity contribution in [1.82, 2.24) is 29.7 Å². The number of H-pyrrole nitrogens is 2. The Morgan fingerprint density at radius 3 is 1.40 bits per heavy atom. The molecule has 0 spiro atoms. The molecule has 40 heavy (non-hydrogen) atoms. The molecule has 7 rings (SSSR count). The molecule has 6 aromatic rings. The second-order valence-electron chi connectivity index (χ2n) is 10.9. The van der Waals surface area contributed by atoms with Crippen molar-refractivity contribution >= 4 is 21.8 Å². The molecule has 2 atom stereocenters. The molecule has 1 aliphatic heterocycles. The lowest BCUT2D eigenvalue weighted by molar-refractivity contribution is 0.0901. The molecule has 200 valence electrons. The summed E-state index contributed by atoms with van der Waals surface area (Å²) < 4.78 is 0. The van der Waals surface area contributed by atoms with E-state index in [0.717, 1.165) is 26.2 Å². The van der Waals surface area contributed by atoms with Gasteiger partial charge in [-0.3, -0.25) is 19.8 Å². The average molecular weight is 527 g/mol. The van der Waals surface area contributed by atoms with Gasteiger partial charge in [0, 0.05) is 95.3 Å². The first-order valence-corrected chi connectivity index (χ1v) is 14.1. The van der Waals surface area contributed by atoms with Gasteiger partial charge in [-0.1, -0.05) is 48.5 Å². The molecule has 1 aliphatic rings. The van der Waals surface area contributed by atoms with Gasteiger partial charge in [0.15, 0.2) is 0 Å². The van der Waals surface area contributed by atoms with Crippen molar-refractivity contribution in [2.24, 2.45) is 0 Å². The third kappa shape index (κ3) is 4.30. The normalized spacial score (nSPS) is 16.4. The van der Waals surface area contributed by atoms with Gasteiger partial charge in [-0.15, -0.1) is 0 Å². The number of piperazine rings is 1. The summed E-state index contributed by atoms with van der Waals surface area (Å²) in [7, 11) is 0. The summed E-state index contributed by atoms with van der Waals surface area (Å²) in [5, 5.41) is 2.58. The third-order valence-corrected chi connectivity index (χ3v) is 8.51. The molecule has 2 aromatic carbocycles. The van der Waals surface area contributed by atoms with Crippen LogP contribution in [-0.4, -0.2) is 55.9 Å². The van der Waals surface area contributed by atoms with Gasteiger partial charge in [-0.25, -0.2) is 0 Å². The second kappa shape index (κ2) is 10.4. The van der Waals surface area contributed by atoms with Gasteiger partial charge < -0.3 is 9.97 Å². The maximum Gasteiger partial charge on any atom is 0.0641 e. The number of hydrogen-bond donors (Lipinski definition) is 2. The SMILES string of the molecule is Cc1[nH]c2ccccc2c1[C@@H](c1cccnc1)N1CCN([C@H](c2cccnc2)c2c(C)[nH]c3ccccc23)CC1. The van der Waals surface area contributed by atoms with E-state index in [-0.39, 0.29) is 12.1 Å². The van der Waals surface area contributed by atoms with Crippen LogP contribution in [0.3, 0.4) is 0 Å². The summed E-state index contributed by atoms with van der Waals surface area (Å²) in [6, 6.07) is 26.1. The number of para-hydroxylation sites is 2. The molecular weight excluding hydrogens is 492 g/mol. The van der Waals surface area contributed by atoms with Crippen molar-refractivity contribution in [3.05, 3.63) is 131 Å². The van der Waals surface area contributed by atoms with E-state index < -0.39 is 0 Å². The smallest absolute Gasteiger partial charge is 0.0641 e. The van der Waals surface area contributed by atoms with Crippen LogP contribution in [0.5, 0.6) is 0 Å². The van der Waals surface area contributed by atoms with Crippen LogP contribution in [0.1, 0.15) is 45.7 Å². The number of aryl methyl sites for hydroxylation is 2. The molecule has 2 N–H and O–H groups in total. The number of benzene rings is 2. The van der Waals surface area contributed by atoms with Crippen LogP contribution in [0.15, 0.2) is 97.6 Å². The van der Waals surface area contributed by atoms with E-state index >= 15 is 0 Å². The minimum atomic E-state index is 0.138. The predicted octanol–water partition coefficient (Wildman–Crippen LogP) is 6.55. The number of nitrogens with one attached hydrogen (secondary N) is 2. The summed E-state index contributed by atoms with van der Waals surface area (Å²) in [5.74, 6) is 0. The third-order valence-electron chi connectivity index (χ3n) is 8.51. The molecule has 1 saturated heterocycles. The number of rotatable bonds is 6. The molecule has 0 unspecified atom stereocenters. The maximum absolute atomic E-state index is 4.52. The number of hydrogen-bond acceptors (Lipinski definition) is 4. The highest BCUT2D eigenvalue weighted by atomic mass is 15.3. The Hall–Kier alpha value is -4.26. The van der Waals surface area contributed by atoms with E-state index in [1.807, 2.05) is 24.8 Å². The van der Waals surface area contributed by atoms with Crippen LogP contribution in [0.25, 0.3) is 21.8 Å². The van der Waals surface area contributed by atoms with E-state index in [1.54, 1.807) is 0 Å². The molecule has 6 nitrogen and oxygen atoms in total. The zero-order valence-corrected chi connectivity index (χ0v) is 23.0. The summed E-state index contributed by atoms with van der Waals surface area (Å²) in [6.07, 6.45) is 7.79. The zero-order chi connectivity index (χ0) is 27.1. The number of nitrogens with zero attached hydrogens (tertiary/aromatic N) is 4. The molecule has 1 fully saturated rings. The van der Waals surface area contributed by atoms with Crippen LogP contribution in [0.2, 0.25) is 0 Å². The summed E-state index contributed by atoms with van der Waals surface area (Å²) in [4.78, 5) is 21.6. The molecule has 6 heteroatoms. The lowest BCUT2D eigenvalue weighted by Gasteiger charge is -2.43. The van der Waals surface area contributed by atoms with Gasteiger partial charge in [0.05, 0.1) is 12.1 Å². The Balaban J connectivity index is 1.25. The summed E-state index contributed by atoms with van der Waals surface area (Å²) >= 11 is 0. The minimum absolute atomic E-state index is 0.138. The first-order chi connectivity index (χ1) is 19.7. The van der Waals surface area contributed by atoms with Crippen LogP contribution in [0.4, 0.5) is 0 Å². The maximum atomic E-state index is 4.52. The van der Waals surface area contributed by atoms with Crippen molar-refractivity contribution in [1.29, 1.82) is 0 Å². The van der Waals surface area contributed by atoms with Crippen molar-refractivity contribution in [3.8, 4) is 0 Å². The van der Waals surface area contributed by atoms with Gasteiger partial charge in [0.1, 0.15) is 0 Å². The second-order valence-corrected chi connectivity index (χ2v) is 10.9. The summed E-state index contributed by atoms with van der Waals surface area (Å²) in [5.41, 5.74) is 10.0. The molecule has 0 bridgehead atoms. The first kappa shape index (κ1) is 24.8. The Morgan fingerprint density at radius 1 is 0.575 bits per heavy atom. The van der Waals surface area contributed by atoms with Crippen LogP contribution in [0, 0.1) is 13.8 Å². The molecule has 0 amide bonds. The van der Waals surface area contributed by atoms with E-state index in [1.165, 1.54) is 55.4 Å². The fourth-order valence-electron chi connectivity index (χ4n) is 6.75. The van der Waals surface area contributed by atoms with Crippen LogP contribution < -0.4 is 0 Å². The number of aromatic amines is 2. The Bertz CT molecular complexity index is 1610. The van der Waals surface area contributed by atoms with Gasteiger partial charge in [0.2, 0.25) is 0 Å². The van der Waals surface area contributed by atoms with E-state index in [9.17, 15) is 0 Å². The van der Waals surface area contributed by atoms with Gasteiger partial charge >= 0.3 is 0 Å². The standard InChI is InChI=1S/C34H34N6/c1-23-31(27-11-3-5-13-29(27)37-23)33(25-9-7-15-35-21-25)39-17-19-40(20-18-39)34(26-10-8-16-36-22-26)32-24(2)38-30-14-6-4-12-28(30)32/h3-16,21-22,33-34,37-38H,17-20H2,1-2H3/t33-,34-/m1/s1. The summed E-state index contributed by atoms with van der Waals surface area (Å²) in [6.45, 7) is 8.22. The fraction of sp³-hybridized carbons (Fsp3) is 0.235. The first-order valence-electron chi connectivity index (χ1n) is 14.1. The van der Waals surface area contributed by atoms with Gasteiger partial charge in [0.25, 0.3) is 0 Å². The predicted molar refractivity (Wildman–Crippen MR) is 161 cm³/mol. The van der Waals surface area contributed by atoms with Crippen molar-refractivity contribution < 1.29 is 0 Å². The average Bonchev–Trinajstić information content (AvgIpc) is 3.51. The van der Waals surface area contributed by atoms with Crippen LogP contribution >= 0.6 is 0 Å². The van der Waals surface area contributed by atoms with Gasteiger partial charge in [-0.05, 0) is 49.2 Å². The molecule has 0 saturated carbocycles. The van der Waals surface area contributed by atoms with E-state index in [2.05, 4.69) is 116 Å². The Kier molecular flexibility index (Phi) is 6.42. The van der Waals surface area contributed by atoms with E-state index in [4.69, 9.17) is 0 Å². The highest BCUT2D eigenvalue weighted by molar-refractivity contribution is 5.86. The Morgan fingerprint density at radius 2 is 1.00 bits per heavy atom. The lowest BCUT2D eigenvalue weighted by Crippen LogP contribution is -2.49.